The summed E-state index contributed by atoms with van der Waals surface area (Å²) in [6.07, 6.45) is -5.08. The van der Waals surface area contributed by atoms with E-state index in [1.165, 1.54) is 5.10 Å². The van der Waals surface area contributed by atoms with Crippen molar-refractivity contribution in [2.75, 3.05) is 0 Å². The van der Waals surface area contributed by atoms with Gasteiger partial charge in [0.2, 0.25) is 5.88 Å². The third-order valence-corrected chi connectivity index (χ3v) is 1.42. The molecule has 1 aromatic rings. The number of nitrogens with zero attached hydrogens (tertiary/aromatic N) is 1. The molecule has 10 heteroatoms. The average molecular weight is 246 g/mol. The Morgan fingerprint density at radius 1 is 1.44 bits per heavy atom. The van der Waals surface area contributed by atoms with Crippen LogP contribution in [-0.2, 0) is 6.18 Å². The molecule has 0 aliphatic heterocycles. The van der Waals surface area contributed by atoms with Crippen molar-refractivity contribution in [1.82, 2.24) is 10.2 Å². The lowest BCUT2D eigenvalue weighted by Gasteiger charge is -2.04. The molecular weight excluding hydrogens is 243 g/mol. The molecule has 0 saturated carbocycles. The molecule has 0 atom stereocenters. The number of hydrogen-bond acceptors (Lipinski definition) is 3. The monoisotopic (exact) mass is 246 g/mol. The Morgan fingerprint density at radius 3 is 2.38 bits per heavy atom. The Balaban J connectivity index is 3.23. The molecule has 16 heavy (non-hydrogen) atoms. The molecule has 90 valence electrons. The highest BCUT2D eigenvalue weighted by molar-refractivity contribution is 5.91. The van der Waals surface area contributed by atoms with Crippen LogP contribution < -0.4 is 4.74 Å². The summed E-state index contributed by atoms with van der Waals surface area (Å²) in [4.78, 5) is 10.4. The van der Waals surface area contributed by atoms with Crippen LogP contribution in [0.3, 0.4) is 0 Å². The van der Waals surface area contributed by atoms with E-state index in [1.54, 1.807) is 0 Å². The van der Waals surface area contributed by atoms with Crippen molar-refractivity contribution in [3.05, 3.63) is 11.3 Å². The predicted molar refractivity (Wildman–Crippen MR) is 37.2 cm³/mol. The molecule has 0 aliphatic carbocycles. The third kappa shape index (κ3) is 2.38. The molecule has 5 nitrogen and oxygen atoms in total. The Hall–Kier alpha value is -1.87. The number of alkyl halides is 5. The first-order valence-electron chi connectivity index (χ1n) is 3.57. The number of carbonyl (C=O) groups is 1. The van der Waals surface area contributed by atoms with Gasteiger partial charge in [0.15, 0.2) is 11.3 Å². The van der Waals surface area contributed by atoms with Gasteiger partial charge in [0.25, 0.3) is 0 Å². The molecule has 1 rings (SSSR count). The highest BCUT2D eigenvalue weighted by atomic mass is 19.4. The van der Waals surface area contributed by atoms with Crippen molar-refractivity contribution in [3.63, 3.8) is 0 Å². The molecule has 0 bridgehead atoms. The van der Waals surface area contributed by atoms with Crippen LogP contribution in [-0.4, -0.2) is 27.9 Å². The molecular formula is C6H3F5N2O3. The van der Waals surface area contributed by atoms with Gasteiger partial charge in [0.05, 0.1) is 0 Å². The van der Waals surface area contributed by atoms with Gasteiger partial charge in [-0.25, -0.2) is 9.89 Å². The summed E-state index contributed by atoms with van der Waals surface area (Å²) >= 11 is 0. The van der Waals surface area contributed by atoms with Gasteiger partial charge >= 0.3 is 18.8 Å². The fourth-order valence-corrected chi connectivity index (χ4v) is 0.904. The minimum Gasteiger partial charge on any atom is -0.477 e. The summed E-state index contributed by atoms with van der Waals surface area (Å²) in [5, 5.41) is 12.4. The number of nitrogens with one attached hydrogen (secondary N) is 1. The second-order valence-electron chi connectivity index (χ2n) is 2.46. The Kier molecular flexibility index (Phi) is 3.01. The minimum atomic E-state index is -5.08. The van der Waals surface area contributed by atoms with Crippen LogP contribution in [0.1, 0.15) is 16.1 Å². The van der Waals surface area contributed by atoms with Crippen molar-refractivity contribution in [2.45, 2.75) is 12.8 Å². The molecule has 2 N–H and O–H groups in total. The number of hydrogen-bond donors (Lipinski definition) is 2. The quantitative estimate of drug-likeness (QED) is 0.796. The highest BCUT2D eigenvalue weighted by Gasteiger charge is 2.41. The molecule has 0 radical (unpaired) electrons. The molecule has 1 heterocycles. The second-order valence-corrected chi connectivity index (χ2v) is 2.46. The van der Waals surface area contributed by atoms with Gasteiger partial charge < -0.3 is 9.84 Å². The van der Waals surface area contributed by atoms with Crippen LogP contribution in [0.2, 0.25) is 0 Å². The Labute approximate surface area is 83.8 Å². The van der Waals surface area contributed by atoms with Gasteiger partial charge in [-0.2, -0.15) is 27.1 Å². The van der Waals surface area contributed by atoms with Gasteiger partial charge in [-0.3, -0.25) is 0 Å². The van der Waals surface area contributed by atoms with Crippen molar-refractivity contribution in [2.24, 2.45) is 0 Å². The van der Waals surface area contributed by atoms with E-state index in [2.05, 4.69) is 9.84 Å². The number of rotatable bonds is 3. The Morgan fingerprint density at radius 2 is 2.00 bits per heavy atom. The van der Waals surface area contributed by atoms with Crippen molar-refractivity contribution in [3.8, 4) is 5.88 Å². The van der Waals surface area contributed by atoms with Crippen molar-refractivity contribution in [1.29, 1.82) is 0 Å². The van der Waals surface area contributed by atoms with Crippen LogP contribution in [0, 0.1) is 0 Å². The van der Waals surface area contributed by atoms with Crippen LogP contribution in [0.4, 0.5) is 22.0 Å². The van der Waals surface area contributed by atoms with Crippen molar-refractivity contribution < 1.29 is 36.6 Å². The SMILES string of the molecule is O=C(O)c1c(C(F)(F)F)n[nH]c1OC(F)F. The lowest BCUT2D eigenvalue weighted by Crippen LogP contribution is -2.13. The van der Waals surface area contributed by atoms with E-state index >= 15 is 0 Å². The lowest BCUT2D eigenvalue weighted by atomic mass is 10.2. The first-order chi connectivity index (χ1) is 7.23. The average Bonchev–Trinajstić information content (AvgIpc) is 2.45. The summed E-state index contributed by atoms with van der Waals surface area (Å²) in [6, 6.07) is 0. The predicted octanol–water partition coefficient (Wildman–Crippen LogP) is 1.73. The number of H-pyrrole nitrogens is 1. The number of carboxylic acids is 1. The van der Waals surface area contributed by atoms with Crippen LogP contribution in [0.25, 0.3) is 0 Å². The molecule has 0 aromatic carbocycles. The lowest BCUT2D eigenvalue weighted by molar-refractivity contribution is -0.141. The number of aromatic carboxylic acids is 1. The van der Waals surface area contributed by atoms with E-state index in [4.69, 9.17) is 5.11 Å². The number of ether oxygens (including phenoxy) is 1. The maximum Gasteiger partial charge on any atom is 0.436 e. The summed E-state index contributed by atoms with van der Waals surface area (Å²) in [5.74, 6) is -3.31. The van der Waals surface area contributed by atoms with Crippen molar-refractivity contribution >= 4 is 5.97 Å². The van der Waals surface area contributed by atoms with Gasteiger partial charge in [-0.1, -0.05) is 0 Å². The largest absolute Gasteiger partial charge is 0.477 e. The smallest absolute Gasteiger partial charge is 0.436 e. The second kappa shape index (κ2) is 3.94. The molecule has 1 aromatic heterocycles. The van der Waals surface area contributed by atoms with E-state index in [0.717, 1.165) is 0 Å². The first-order valence-corrected chi connectivity index (χ1v) is 3.57. The number of carboxylic acid groups (broad SMARTS) is 1. The first kappa shape index (κ1) is 12.2. The molecule has 0 aliphatic rings. The molecule has 0 unspecified atom stereocenters. The van der Waals surface area contributed by atoms with Gasteiger partial charge in [0.1, 0.15) is 0 Å². The number of halogens is 5. The van der Waals surface area contributed by atoms with Crippen LogP contribution >= 0.6 is 0 Å². The number of aromatic amines is 1. The van der Waals surface area contributed by atoms with E-state index in [1.807, 2.05) is 0 Å². The molecule has 0 saturated heterocycles. The zero-order valence-corrected chi connectivity index (χ0v) is 7.18. The summed E-state index contributed by atoms with van der Waals surface area (Å²) in [6.45, 7) is -3.46. The van der Waals surface area contributed by atoms with Crippen LogP contribution in [0.15, 0.2) is 0 Å². The Bertz CT molecular complexity index is 399. The van der Waals surface area contributed by atoms with Gasteiger partial charge in [-0.05, 0) is 0 Å². The maximum absolute atomic E-state index is 12.2. The van der Waals surface area contributed by atoms with E-state index in [0.29, 0.717) is 0 Å². The topological polar surface area (TPSA) is 75.2 Å². The van der Waals surface area contributed by atoms with E-state index in [-0.39, 0.29) is 0 Å². The summed E-state index contributed by atoms with van der Waals surface area (Å²) in [5.41, 5.74) is -3.30. The third-order valence-electron chi connectivity index (χ3n) is 1.42. The summed E-state index contributed by atoms with van der Waals surface area (Å²) in [7, 11) is 0. The maximum atomic E-state index is 12.2. The molecule has 0 amide bonds. The molecule has 0 spiro atoms. The number of aromatic nitrogens is 2. The zero-order chi connectivity index (χ0) is 12.5. The standard InChI is InChI=1S/C6H3F5N2O3/c7-5(8)16-3-1(4(14)15)2(12-13-3)6(9,10)11/h5H,(H,12,13)(H,14,15). The van der Waals surface area contributed by atoms with E-state index in [9.17, 15) is 26.7 Å². The van der Waals surface area contributed by atoms with Gasteiger partial charge in [-0.15, -0.1) is 0 Å². The van der Waals surface area contributed by atoms with E-state index < -0.39 is 35.9 Å². The fraction of sp³-hybridized carbons (Fsp3) is 0.333. The highest BCUT2D eigenvalue weighted by Crippen LogP contribution is 2.34. The fourth-order valence-electron chi connectivity index (χ4n) is 0.904. The van der Waals surface area contributed by atoms with Crippen LogP contribution in [0.5, 0.6) is 5.88 Å². The zero-order valence-electron chi connectivity index (χ0n) is 7.18. The van der Waals surface area contributed by atoms with Gasteiger partial charge in [0, 0.05) is 0 Å². The summed E-state index contributed by atoms with van der Waals surface area (Å²) < 4.78 is 63.5. The normalized spacial score (nSPS) is 11.9. The minimum absolute atomic E-state index is 1.24. The molecule has 0 fully saturated rings.